The second kappa shape index (κ2) is 7.52. The Balaban J connectivity index is 2.63. The molecule has 0 heterocycles. The zero-order valence-corrected chi connectivity index (χ0v) is 13.1. The fourth-order valence-corrected chi connectivity index (χ4v) is 3.23. The highest BCUT2D eigenvalue weighted by Gasteiger charge is 2.26. The van der Waals surface area contributed by atoms with Crippen LogP contribution in [0.3, 0.4) is 0 Å². The van der Waals surface area contributed by atoms with Gasteiger partial charge in [-0.25, -0.2) is 12.8 Å². The molecule has 2 atom stereocenters. The molecule has 0 aromatic rings. The van der Waals surface area contributed by atoms with Gasteiger partial charge in [0, 0.05) is 6.04 Å². The zero-order chi connectivity index (χ0) is 15.3. The number of halogens is 1. The molecule has 1 rings (SSSR count). The molecule has 0 spiro atoms. The first kappa shape index (κ1) is 17.6. The molecule has 0 bridgehead atoms. The van der Waals surface area contributed by atoms with Crippen LogP contribution >= 0.6 is 0 Å². The summed E-state index contributed by atoms with van der Waals surface area (Å²) in [6.07, 6.45) is 4.61. The number of rotatable bonds is 6. The van der Waals surface area contributed by atoms with Crippen LogP contribution in [0.2, 0.25) is 0 Å². The summed E-state index contributed by atoms with van der Waals surface area (Å²) in [5.74, 6) is -0.648. The maximum absolute atomic E-state index is 13.8. The molecule has 0 aliphatic heterocycles. The molecule has 0 aromatic heterocycles. The van der Waals surface area contributed by atoms with Crippen LogP contribution in [0.5, 0.6) is 0 Å². The molecule has 118 valence electrons. The van der Waals surface area contributed by atoms with Crippen LogP contribution in [-0.4, -0.2) is 30.9 Å². The van der Waals surface area contributed by atoms with Gasteiger partial charge in [0.25, 0.3) is 0 Å². The van der Waals surface area contributed by atoms with Crippen molar-refractivity contribution in [2.24, 2.45) is 11.7 Å². The lowest BCUT2D eigenvalue weighted by molar-refractivity contribution is 0.136. The maximum Gasteiger partial charge on any atom is 0.176 e. The highest BCUT2D eigenvalue weighted by atomic mass is 32.2. The summed E-state index contributed by atoms with van der Waals surface area (Å²) in [7, 11) is -3.66. The minimum atomic E-state index is -3.66. The normalized spacial score (nSPS) is 22.0. The third kappa shape index (κ3) is 5.14. The Hall–Kier alpha value is -0.460. The van der Waals surface area contributed by atoms with Crippen molar-refractivity contribution in [3.8, 4) is 0 Å². The van der Waals surface area contributed by atoms with E-state index in [0.717, 1.165) is 25.7 Å². The molecule has 3 N–H and O–H groups in total. The van der Waals surface area contributed by atoms with E-state index in [1.165, 1.54) is 20.3 Å². The topological polar surface area (TPSA) is 80.4 Å². The molecule has 1 fully saturated rings. The molecule has 1 aliphatic carbocycles. The lowest BCUT2D eigenvalue weighted by Gasteiger charge is -2.26. The average molecular weight is 307 g/mol. The van der Waals surface area contributed by atoms with Gasteiger partial charge >= 0.3 is 0 Å². The van der Waals surface area contributed by atoms with Gasteiger partial charge in [0.15, 0.2) is 9.84 Å². The van der Waals surface area contributed by atoms with Gasteiger partial charge in [-0.3, -0.25) is 0 Å². The van der Waals surface area contributed by atoms with Gasteiger partial charge in [-0.15, -0.1) is 0 Å². The molecular weight excluding hydrogens is 281 g/mol. The molecule has 1 aliphatic rings. The smallest absolute Gasteiger partial charge is 0.176 e. The molecule has 0 aromatic carbocycles. The maximum atomic E-state index is 13.8. The van der Waals surface area contributed by atoms with E-state index >= 15 is 0 Å². The average Bonchev–Trinajstić information content (AvgIpc) is 2.38. The fourth-order valence-electron chi connectivity index (χ4n) is 2.50. The van der Waals surface area contributed by atoms with Crippen molar-refractivity contribution in [2.75, 3.05) is 0 Å². The van der Waals surface area contributed by atoms with Gasteiger partial charge in [-0.2, -0.15) is 0 Å². The van der Waals surface area contributed by atoms with Crippen molar-refractivity contribution in [2.45, 2.75) is 69.8 Å². The molecule has 1 saturated carbocycles. The van der Waals surface area contributed by atoms with Gasteiger partial charge in [0.05, 0.1) is 10.7 Å². The minimum Gasteiger partial charge on any atom is -0.384 e. The van der Waals surface area contributed by atoms with Crippen molar-refractivity contribution < 1.29 is 17.9 Å². The highest BCUT2D eigenvalue weighted by molar-refractivity contribution is 7.94. The minimum absolute atomic E-state index is 0.405. The van der Waals surface area contributed by atoms with E-state index in [1.807, 2.05) is 0 Å². The second-order valence-electron chi connectivity index (χ2n) is 5.99. The molecule has 4 nitrogen and oxygen atoms in total. The van der Waals surface area contributed by atoms with Crippen LogP contribution < -0.4 is 5.73 Å². The largest absolute Gasteiger partial charge is 0.384 e. The van der Waals surface area contributed by atoms with Gasteiger partial charge in [-0.05, 0) is 26.2 Å². The Morgan fingerprint density at radius 1 is 1.35 bits per heavy atom. The molecule has 2 unspecified atom stereocenters. The van der Waals surface area contributed by atoms with E-state index in [4.69, 9.17) is 5.73 Å². The SMILES string of the molecule is CC(C)S(=O)(=O)/C=C(/F)C(O)C(N)CC1CCCCC1. The van der Waals surface area contributed by atoms with Crippen LogP contribution in [0.1, 0.15) is 52.4 Å². The van der Waals surface area contributed by atoms with E-state index in [0.29, 0.717) is 17.7 Å². The number of hydrogen-bond acceptors (Lipinski definition) is 4. The number of nitrogens with two attached hydrogens (primary N) is 1. The Morgan fingerprint density at radius 2 is 1.90 bits per heavy atom. The number of hydrogen-bond donors (Lipinski definition) is 2. The van der Waals surface area contributed by atoms with Gasteiger partial charge < -0.3 is 10.8 Å². The molecular formula is C14H26FNO3S. The van der Waals surface area contributed by atoms with Crippen molar-refractivity contribution in [1.82, 2.24) is 0 Å². The summed E-state index contributed by atoms with van der Waals surface area (Å²) >= 11 is 0. The molecule has 20 heavy (non-hydrogen) atoms. The summed E-state index contributed by atoms with van der Waals surface area (Å²) in [5, 5.41) is 9.63. The Kier molecular flexibility index (Phi) is 6.61. The van der Waals surface area contributed by atoms with Crippen molar-refractivity contribution in [3.63, 3.8) is 0 Å². The lowest BCUT2D eigenvalue weighted by Crippen LogP contribution is -2.37. The monoisotopic (exact) mass is 307 g/mol. The fraction of sp³-hybridized carbons (Fsp3) is 0.857. The van der Waals surface area contributed by atoms with Gasteiger partial charge in [0.1, 0.15) is 11.9 Å². The first-order valence-electron chi connectivity index (χ1n) is 7.28. The third-order valence-corrected chi connectivity index (χ3v) is 5.82. The van der Waals surface area contributed by atoms with Crippen LogP contribution in [-0.2, 0) is 9.84 Å². The summed E-state index contributed by atoms with van der Waals surface area (Å²) in [6, 6.07) is -0.753. The van der Waals surface area contributed by atoms with E-state index in [-0.39, 0.29) is 0 Å². The van der Waals surface area contributed by atoms with Crippen LogP contribution in [0.4, 0.5) is 4.39 Å². The number of aliphatic hydroxyl groups excluding tert-OH is 1. The Labute approximate surface area is 121 Å². The van der Waals surface area contributed by atoms with E-state index in [9.17, 15) is 17.9 Å². The van der Waals surface area contributed by atoms with Crippen molar-refractivity contribution >= 4 is 9.84 Å². The van der Waals surface area contributed by atoms with E-state index in [1.54, 1.807) is 0 Å². The summed E-state index contributed by atoms with van der Waals surface area (Å²) < 4.78 is 37.0. The summed E-state index contributed by atoms with van der Waals surface area (Å²) in [4.78, 5) is 0. The number of sulfone groups is 1. The zero-order valence-electron chi connectivity index (χ0n) is 12.3. The third-order valence-electron chi connectivity index (χ3n) is 3.95. The summed E-state index contributed by atoms with van der Waals surface area (Å²) in [6.45, 7) is 2.93. The molecule has 6 heteroatoms. The molecule has 0 radical (unpaired) electrons. The summed E-state index contributed by atoms with van der Waals surface area (Å²) in [5.41, 5.74) is 5.82. The molecule has 0 saturated heterocycles. The predicted molar refractivity (Wildman–Crippen MR) is 78.4 cm³/mol. The molecule has 0 amide bonds. The first-order chi connectivity index (χ1) is 9.24. The standard InChI is InChI=1S/C14H26FNO3S/c1-10(2)20(18,19)9-12(15)14(17)13(16)8-11-6-4-3-5-7-11/h9-11,13-14,17H,3-8,16H2,1-2H3/b12-9+. The first-order valence-corrected chi connectivity index (χ1v) is 8.89. The second-order valence-corrected chi connectivity index (χ2v) is 8.35. The Bertz CT molecular complexity index is 428. The van der Waals surface area contributed by atoms with Crippen LogP contribution in [0.25, 0.3) is 0 Å². The van der Waals surface area contributed by atoms with Crippen molar-refractivity contribution in [3.05, 3.63) is 11.2 Å². The van der Waals surface area contributed by atoms with E-state index in [2.05, 4.69) is 0 Å². The van der Waals surface area contributed by atoms with Crippen LogP contribution in [0, 0.1) is 5.92 Å². The van der Waals surface area contributed by atoms with Gasteiger partial charge in [0.2, 0.25) is 0 Å². The van der Waals surface area contributed by atoms with Crippen molar-refractivity contribution in [1.29, 1.82) is 0 Å². The predicted octanol–water partition coefficient (Wildman–Crippen LogP) is 2.28. The number of aliphatic hydroxyl groups is 1. The van der Waals surface area contributed by atoms with Gasteiger partial charge in [-0.1, -0.05) is 32.1 Å². The highest BCUT2D eigenvalue weighted by Crippen LogP contribution is 2.28. The quantitative estimate of drug-likeness (QED) is 0.789. The van der Waals surface area contributed by atoms with E-state index < -0.39 is 33.1 Å². The lowest BCUT2D eigenvalue weighted by atomic mass is 9.84. The Morgan fingerprint density at radius 3 is 2.40 bits per heavy atom. The van der Waals surface area contributed by atoms with Crippen LogP contribution in [0.15, 0.2) is 11.2 Å².